The Hall–Kier alpha value is -3.53. The molecule has 32 heavy (non-hydrogen) atoms. The van der Waals surface area contributed by atoms with Crippen molar-refractivity contribution in [3.8, 4) is 17.2 Å². The van der Waals surface area contributed by atoms with Gasteiger partial charge in [-0.15, -0.1) is 0 Å². The lowest BCUT2D eigenvalue weighted by molar-refractivity contribution is 0.357. The molecule has 0 amide bonds. The Morgan fingerprint density at radius 2 is 1.16 bits per heavy atom. The van der Waals surface area contributed by atoms with Gasteiger partial charge in [-0.2, -0.15) is 0 Å². The van der Waals surface area contributed by atoms with E-state index in [0.717, 1.165) is 5.56 Å². The molecule has 0 aliphatic heterocycles. The lowest BCUT2D eigenvalue weighted by atomic mass is 10.2. The van der Waals surface area contributed by atoms with E-state index in [4.69, 9.17) is 9.05 Å². The molecule has 0 saturated heterocycles. The van der Waals surface area contributed by atoms with Crippen LogP contribution in [0.4, 0.5) is 0 Å². The van der Waals surface area contributed by atoms with E-state index in [1.54, 1.807) is 72.8 Å². The van der Waals surface area contributed by atoms with Gasteiger partial charge in [-0.3, -0.25) is 5.32 Å². The highest BCUT2D eigenvalue weighted by molar-refractivity contribution is 7.55. The fourth-order valence-electron chi connectivity index (χ4n) is 3.30. The van der Waals surface area contributed by atoms with Gasteiger partial charge in [-0.05, 0) is 35.9 Å². The molecule has 0 bridgehead atoms. The summed E-state index contributed by atoms with van der Waals surface area (Å²) in [6, 6.07) is 34.3. The third-order valence-corrected chi connectivity index (χ3v) is 6.87. The van der Waals surface area contributed by atoms with Crippen molar-refractivity contribution in [2.75, 3.05) is 0 Å². The smallest absolute Gasteiger partial charge is 0.452 e. The minimum Gasteiger partial charge on any atom is -0.508 e. The zero-order valence-corrected chi connectivity index (χ0v) is 18.3. The lowest BCUT2D eigenvalue weighted by Gasteiger charge is -2.29. The van der Waals surface area contributed by atoms with Crippen LogP contribution < -0.4 is 14.4 Å². The van der Waals surface area contributed by atoms with Gasteiger partial charge in [0, 0.05) is 12.1 Å². The second-order valence-electron chi connectivity index (χ2n) is 7.18. The van der Waals surface area contributed by atoms with Gasteiger partial charge in [0.1, 0.15) is 17.2 Å². The molecule has 0 heterocycles. The highest BCUT2D eigenvalue weighted by Crippen LogP contribution is 2.60. The minimum absolute atomic E-state index is 0.00612. The molecule has 0 spiro atoms. The number of phenols is 1. The summed E-state index contributed by atoms with van der Waals surface area (Å²) >= 11 is 0. The molecule has 5 nitrogen and oxygen atoms in total. The van der Waals surface area contributed by atoms with Crippen molar-refractivity contribution in [2.45, 2.75) is 12.3 Å². The highest BCUT2D eigenvalue weighted by atomic mass is 31.2. The van der Waals surface area contributed by atoms with Crippen LogP contribution in [0, 0.1) is 0 Å². The number of nitrogens with one attached hydrogen (secondary N) is 1. The number of phenolic OH excluding ortho intramolecular Hbond substituents is 1. The van der Waals surface area contributed by atoms with Crippen molar-refractivity contribution >= 4 is 7.60 Å². The number of para-hydroxylation sites is 3. The fourth-order valence-corrected chi connectivity index (χ4v) is 5.25. The molecule has 0 aliphatic rings. The van der Waals surface area contributed by atoms with Gasteiger partial charge in [0.15, 0.2) is 5.78 Å². The summed E-state index contributed by atoms with van der Waals surface area (Å²) in [5.74, 6) is -0.0988. The maximum absolute atomic E-state index is 14.4. The third-order valence-electron chi connectivity index (χ3n) is 4.84. The normalized spacial score (nSPS) is 12.1. The second-order valence-corrected chi connectivity index (χ2v) is 9.14. The molecule has 0 radical (unpaired) electrons. The van der Waals surface area contributed by atoms with Crippen molar-refractivity contribution in [2.24, 2.45) is 0 Å². The monoisotopic (exact) mass is 445 g/mol. The summed E-state index contributed by atoms with van der Waals surface area (Å²) in [7, 11) is -3.93. The maximum atomic E-state index is 14.4. The van der Waals surface area contributed by atoms with Gasteiger partial charge in [0.2, 0.25) is 0 Å². The number of benzene rings is 4. The summed E-state index contributed by atoms with van der Waals surface area (Å²) < 4.78 is 26.5. The Kier molecular flexibility index (Phi) is 6.90. The Labute approximate surface area is 187 Å². The third kappa shape index (κ3) is 5.38. The molecule has 4 rings (SSSR count). The van der Waals surface area contributed by atoms with Crippen molar-refractivity contribution in [1.82, 2.24) is 5.32 Å². The van der Waals surface area contributed by atoms with Crippen LogP contribution in [0.25, 0.3) is 0 Å². The summed E-state index contributed by atoms with van der Waals surface area (Å²) in [6.45, 7) is 0.403. The van der Waals surface area contributed by atoms with Gasteiger partial charge >= 0.3 is 7.60 Å². The van der Waals surface area contributed by atoms with Gasteiger partial charge in [0.25, 0.3) is 0 Å². The average Bonchev–Trinajstić information content (AvgIpc) is 2.82. The predicted molar refractivity (Wildman–Crippen MR) is 126 cm³/mol. The molecular formula is C26H24NO4P. The predicted octanol–water partition coefficient (Wildman–Crippen LogP) is 6.53. The molecule has 2 N–H and O–H groups in total. The number of hydrogen-bond donors (Lipinski definition) is 2. The summed E-state index contributed by atoms with van der Waals surface area (Å²) in [5.41, 5.74) is 1.43. The Morgan fingerprint density at radius 1 is 0.688 bits per heavy atom. The van der Waals surface area contributed by atoms with Crippen LogP contribution in [0.3, 0.4) is 0 Å². The van der Waals surface area contributed by atoms with E-state index in [-0.39, 0.29) is 5.75 Å². The summed E-state index contributed by atoms with van der Waals surface area (Å²) in [6.07, 6.45) is 0. The van der Waals surface area contributed by atoms with E-state index >= 15 is 0 Å². The van der Waals surface area contributed by atoms with Crippen LogP contribution >= 0.6 is 7.60 Å². The fraction of sp³-hybridized carbons (Fsp3) is 0.0769. The largest absolute Gasteiger partial charge is 0.508 e. The first kappa shape index (κ1) is 21.7. The maximum Gasteiger partial charge on any atom is 0.452 e. The Balaban J connectivity index is 1.75. The Bertz CT molecular complexity index is 1120. The quantitative estimate of drug-likeness (QED) is 0.287. The molecule has 1 atom stereocenters. The van der Waals surface area contributed by atoms with Gasteiger partial charge < -0.3 is 14.2 Å². The number of aromatic hydroxyl groups is 1. The molecule has 0 fully saturated rings. The van der Waals surface area contributed by atoms with Crippen LogP contribution in [0.5, 0.6) is 17.2 Å². The first-order chi connectivity index (χ1) is 15.6. The molecule has 162 valence electrons. The van der Waals surface area contributed by atoms with Crippen molar-refractivity contribution in [1.29, 1.82) is 0 Å². The molecule has 4 aromatic rings. The van der Waals surface area contributed by atoms with E-state index in [1.807, 2.05) is 42.5 Å². The van der Waals surface area contributed by atoms with Crippen molar-refractivity contribution < 1.29 is 18.7 Å². The molecule has 0 aliphatic carbocycles. The summed E-state index contributed by atoms with van der Waals surface area (Å²) in [4.78, 5) is 0. The molecule has 1 unspecified atom stereocenters. The molecule has 0 saturated carbocycles. The molecule has 6 heteroatoms. The Morgan fingerprint density at radius 3 is 1.69 bits per heavy atom. The first-order valence-electron chi connectivity index (χ1n) is 10.3. The van der Waals surface area contributed by atoms with Crippen LogP contribution in [-0.4, -0.2) is 5.11 Å². The minimum atomic E-state index is -3.93. The SMILES string of the molecule is O=P(Oc1ccccc1)(Oc1ccccc1)C(NCc1ccccc1)c1ccccc1O. The van der Waals surface area contributed by atoms with Crippen molar-refractivity contribution in [3.63, 3.8) is 0 Å². The zero-order chi connectivity index (χ0) is 22.2. The van der Waals surface area contributed by atoms with Gasteiger partial charge in [0.05, 0.1) is 0 Å². The van der Waals surface area contributed by atoms with E-state index in [9.17, 15) is 9.67 Å². The van der Waals surface area contributed by atoms with E-state index in [0.29, 0.717) is 23.6 Å². The number of hydrogen-bond acceptors (Lipinski definition) is 5. The summed E-state index contributed by atoms with van der Waals surface area (Å²) in [5, 5.41) is 13.9. The number of rotatable bonds is 9. The zero-order valence-electron chi connectivity index (χ0n) is 17.4. The highest BCUT2D eigenvalue weighted by Gasteiger charge is 2.41. The second kappa shape index (κ2) is 10.2. The van der Waals surface area contributed by atoms with Crippen molar-refractivity contribution in [3.05, 3.63) is 126 Å². The molecule has 0 aromatic heterocycles. The lowest BCUT2D eigenvalue weighted by Crippen LogP contribution is -2.25. The van der Waals surface area contributed by atoms with Gasteiger partial charge in [-0.25, -0.2) is 4.57 Å². The standard InChI is InChI=1S/C26H24NO4P/c28-25-19-11-10-18-24(25)26(27-20-21-12-4-1-5-13-21)32(29,30-22-14-6-2-7-15-22)31-23-16-8-3-9-17-23/h1-19,26-28H,20H2. The van der Waals surface area contributed by atoms with E-state index in [2.05, 4.69) is 5.32 Å². The molecular weight excluding hydrogens is 421 g/mol. The van der Waals surface area contributed by atoms with Crippen LogP contribution in [0.2, 0.25) is 0 Å². The van der Waals surface area contributed by atoms with Crippen LogP contribution in [-0.2, 0) is 11.1 Å². The van der Waals surface area contributed by atoms with Crippen LogP contribution in [0.1, 0.15) is 16.9 Å². The average molecular weight is 445 g/mol. The van der Waals surface area contributed by atoms with E-state index in [1.165, 1.54) is 0 Å². The van der Waals surface area contributed by atoms with Gasteiger partial charge in [-0.1, -0.05) is 84.9 Å². The topological polar surface area (TPSA) is 67.8 Å². The van der Waals surface area contributed by atoms with Crippen LogP contribution in [0.15, 0.2) is 115 Å². The molecule has 4 aromatic carbocycles. The first-order valence-corrected chi connectivity index (χ1v) is 11.9. The van der Waals surface area contributed by atoms with E-state index < -0.39 is 13.4 Å².